The lowest BCUT2D eigenvalue weighted by atomic mass is 9.87. The molecule has 2 fully saturated rings. The van der Waals surface area contributed by atoms with E-state index in [9.17, 15) is 4.21 Å². The van der Waals surface area contributed by atoms with E-state index >= 15 is 0 Å². The molecule has 2 aliphatic heterocycles. The van der Waals surface area contributed by atoms with Gasteiger partial charge in [-0.15, -0.1) is 0 Å². The Morgan fingerprint density at radius 2 is 1.80 bits per heavy atom. The summed E-state index contributed by atoms with van der Waals surface area (Å²) in [5, 5.41) is 0. The Kier molecular flexibility index (Phi) is 4.63. The van der Waals surface area contributed by atoms with Gasteiger partial charge in [0.05, 0.1) is 0 Å². The van der Waals surface area contributed by atoms with Crippen molar-refractivity contribution >= 4 is 10.8 Å². The molecule has 0 N–H and O–H groups in total. The van der Waals surface area contributed by atoms with Crippen molar-refractivity contribution in [2.75, 3.05) is 24.7 Å². The molecule has 3 unspecified atom stereocenters. The summed E-state index contributed by atoms with van der Waals surface area (Å²) in [4.78, 5) is 0. The molecule has 2 aliphatic rings. The SMILES string of the molecule is O=S1CCCCC(C2CCCCOC2)C1. The number of hydrogen-bond donors (Lipinski definition) is 0. The summed E-state index contributed by atoms with van der Waals surface area (Å²) in [5.74, 6) is 3.24. The Bertz CT molecular complexity index is 210. The predicted octanol–water partition coefficient (Wildman–Crippen LogP) is 2.35. The molecule has 0 spiro atoms. The van der Waals surface area contributed by atoms with E-state index < -0.39 is 10.8 Å². The van der Waals surface area contributed by atoms with E-state index in [2.05, 4.69) is 0 Å². The van der Waals surface area contributed by atoms with Gasteiger partial charge in [0.25, 0.3) is 0 Å². The summed E-state index contributed by atoms with van der Waals surface area (Å²) < 4.78 is 17.3. The van der Waals surface area contributed by atoms with Crippen LogP contribution in [0.2, 0.25) is 0 Å². The van der Waals surface area contributed by atoms with Gasteiger partial charge in [0.2, 0.25) is 0 Å². The van der Waals surface area contributed by atoms with Crippen molar-refractivity contribution < 1.29 is 8.95 Å². The molecule has 0 amide bonds. The summed E-state index contributed by atoms with van der Waals surface area (Å²) >= 11 is 0. The highest BCUT2D eigenvalue weighted by Gasteiger charge is 2.26. The predicted molar refractivity (Wildman–Crippen MR) is 63.4 cm³/mol. The summed E-state index contributed by atoms with van der Waals surface area (Å²) in [6.07, 6.45) is 7.52. The van der Waals surface area contributed by atoms with Crippen LogP contribution in [-0.4, -0.2) is 28.9 Å². The van der Waals surface area contributed by atoms with Crippen LogP contribution in [0.15, 0.2) is 0 Å². The van der Waals surface area contributed by atoms with E-state index in [1.807, 2.05) is 0 Å². The van der Waals surface area contributed by atoms with E-state index in [-0.39, 0.29) is 0 Å². The minimum absolute atomic E-state index is 0.551. The molecule has 0 aromatic carbocycles. The van der Waals surface area contributed by atoms with E-state index in [1.165, 1.54) is 32.1 Å². The fourth-order valence-electron chi connectivity index (χ4n) is 2.75. The first-order valence-electron chi connectivity index (χ1n) is 6.29. The Morgan fingerprint density at radius 1 is 1.00 bits per heavy atom. The maximum absolute atomic E-state index is 11.7. The van der Waals surface area contributed by atoms with E-state index in [0.717, 1.165) is 31.1 Å². The first kappa shape index (κ1) is 11.6. The zero-order valence-corrected chi connectivity index (χ0v) is 10.3. The van der Waals surface area contributed by atoms with Gasteiger partial charge in [-0.1, -0.05) is 12.8 Å². The molecule has 88 valence electrons. The summed E-state index contributed by atoms with van der Waals surface area (Å²) in [5.41, 5.74) is 0. The van der Waals surface area contributed by atoms with Crippen molar-refractivity contribution in [1.29, 1.82) is 0 Å². The van der Waals surface area contributed by atoms with Crippen molar-refractivity contribution in [1.82, 2.24) is 0 Å². The molecule has 0 bridgehead atoms. The molecule has 2 saturated heterocycles. The molecule has 2 nitrogen and oxygen atoms in total. The van der Waals surface area contributed by atoms with Crippen LogP contribution in [0.25, 0.3) is 0 Å². The highest BCUT2D eigenvalue weighted by molar-refractivity contribution is 7.84. The number of hydrogen-bond acceptors (Lipinski definition) is 2. The monoisotopic (exact) mass is 230 g/mol. The Hall–Kier alpha value is 0.110. The number of ether oxygens (including phenoxy) is 1. The first-order chi connectivity index (χ1) is 7.36. The molecular formula is C12H22O2S. The van der Waals surface area contributed by atoms with Crippen LogP contribution in [-0.2, 0) is 15.5 Å². The largest absolute Gasteiger partial charge is 0.381 e. The molecule has 0 aromatic rings. The van der Waals surface area contributed by atoms with Crippen LogP contribution < -0.4 is 0 Å². The van der Waals surface area contributed by atoms with Crippen LogP contribution in [0, 0.1) is 11.8 Å². The summed E-state index contributed by atoms with van der Waals surface area (Å²) in [7, 11) is -0.551. The van der Waals surface area contributed by atoms with Gasteiger partial charge in [-0.25, -0.2) is 0 Å². The molecule has 15 heavy (non-hydrogen) atoms. The average molecular weight is 230 g/mol. The van der Waals surface area contributed by atoms with Gasteiger partial charge >= 0.3 is 0 Å². The van der Waals surface area contributed by atoms with Crippen LogP contribution in [0.3, 0.4) is 0 Å². The van der Waals surface area contributed by atoms with Crippen molar-refractivity contribution in [2.24, 2.45) is 11.8 Å². The normalized spacial score (nSPS) is 39.3. The lowest BCUT2D eigenvalue weighted by molar-refractivity contribution is 0.0954. The standard InChI is InChI=1S/C12H22O2S/c13-15-8-4-2-6-12(10-15)11-5-1-3-7-14-9-11/h11-12H,1-10H2. The second-order valence-corrected chi connectivity index (χ2v) is 6.52. The molecule has 2 rings (SSSR count). The molecule has 2 heterocycles. The molecule has 3 heteroatoms. The minimum atomic E-state index is -0.551. The van der Waals surface area contributed by atoms with E-state index in [1.54, 1.807) is 0 Å². The fourth-order valence-corrected chi connectivity index (χ4v) is 4.36. The smallest absolute Gasteiger partial charge is 0.0497 e. The first-order valence-corrected chi connectivity index (χ1v) is 7.78. The van der Waals surface area contributed by atoms with E-state index in [4.69, 9.17) is 4.74 Å². The van der Waals surface area contributed by atoms with Crippen molar-refractivity contribution in [3.63, 3.8) is 0 Å². The minimum Gasteiger partial charge on any atom is -0.381 e. The van der Waals surface area contributed by atoms with Crippen LogP contribution in [0.1, 0.15) is 38.5 Å². The fraction of sp³-hybridized carbons (Fsp3) is 1.00. The van der Waals surface area contributed by atoms with Crippen molar-refractivity contribution in [2.45, 2.75) is 38.5 Å². The van der Waals surface area contributed by atoms with Gasteiger partial charge in [-0.2, -0.15) is 0 Å². The molecule has 0 saturated carbocycles. The third-order valence-electron chi connectivity index (χ3n) is 3.71. The lowest BCUT2D eigenvalue weighted by Crippen LogP contribution is -2.23. The maximum Gasteiger partial charge on any atom is 0.0497 e. The number of rotatable bonds is 1. The zero-order valence-electron chi connectivity index (χ0n) is 9.45. The average Bonchev–Trinajstić information content (AvgIpc) is 2.59. The van der Waals surface area contributed by atoms with Gasteiger partial charge in [-0.3, -0.25) is 4.21 Å². The molecule has 0 aliphatic carbocycles. The Balaban J connectivity index is 1.91. The molecular weight excluding hydrogens is 208 g/mol. The molecule has 0 aromatic heterocycles. The summed E-state index contributed by atoms with van der Waals surface area (Å²) in [6.45, 7) is 1.86. The third-order valence-corrected chi connectivity index (χ3v) is 5.25. The van der Waals surface area contributed by atoms with Crippen molar-refractivity contribution in [3.05, 3.63) is 0 Å². The third kappa shape index (κ3) is 3.56. The highest BCUT2D eigenvalue weighted by Crippen LogP contribution is 2.29. The topological polar surface area (TPSA) is 26.3 Å². The Labute approximate surface area is 95.2 Å². The van der Waals surface area contributed by atoms with Gasteiger partial charge in [0.1, 0.15) is 0 Å². The summed E-state index contributed by atoms with van der Waals surface area (Å²) in [6, 6.07) is 0. The van der Waals surface area contributed by atoms with Gasteiger partial charge in [0.15, 0.2) is 0 Å². The van der Waals surface area contributed by atoms with Gasteiger partial charge in [0, 0.05) is 35.5 Å². The van der Waals surface area contributed by atoms with Crippen molar-refractivity contribution in [3.8, 4) is 0 Å². The molecule has 0 radical (unpaired) electrons. The maximum atomic E-state index is 11.7. The molecule has 3 atom stereocenters. The van der Waals surface area contributed by atoms with Crippen LogP contribution >= 0.6 is 0 Å². The van der Waals surface area contributed by atoms with Crippen LogP contribution in [0.4, 0.5) is 0 Å². The second kappa shape index (κ2) is 6.00. The lowest BCUT2D eigenvalue weighted by Gasteiger charge is -2.23. The quantitative estimate of drug-likeness (QED) is 0.691. The zero-order chi connectivity index (χ0) is 10.5. The Morgan fingerprint density at radius 3 is 2.73 bits per heavy atom. The second-order valence-electron chi connectivity index (χ2n) is 4.90. The highest BCUT2D eigenvalue weighted by atomic mass is 32.2. The van der Waals surface area contributed by atoms with Gasteiger partial charge < -0.3 is 4.74 Å². The van der Waals surface area contributed by atoms with Crippen LogP contribution in [0.5, 0.6) is 0 Å². The van der Waals surface area contributed by atoms with E-state index in [0.29, 0.717) is 11.8 Å². The van der Waals surface area contributed by atoms with Gasteiger partial charge in [-0.05, 0) is 37.5 Å².